The first kappa shape index (κ1) is 7.16. The molecule has 0 aliphatic carbocycles. The van der Waals surface area contributed by atoms with Crippen LogP contribution in [0.3, 0.4) is 0 Å². The Morgan fingerprint density at radius 1 is 1.33 bits per heavy atom. The van der Waals surface area contributed by atoms with Crippen LogP contribution in [-0.2, 0) is 0 Å². The molecule has 0 amide bonds. The van der Waals surface area contributed by atoms with Crippen molar-refractivity contribution in [3.8, 4) is 0 Å². The van der Waals surface area contributed by atoms with Crippen molar-refractivity contribution in [3.05, 3.63) is 42.1 Å². The summed E-state index contributed by atoms with van der Waals surface area (Å²) < 4.78 is 25.5. The first-order valence-electron chi connectivity index (χ1n) is 3.31. The predicted molar refractivity (Wildman–Crippen MR) is 39.3 cm³/mol. The van der Waals surface area contributed by atoms with Gasteiger partial charge in [0, 0.05) is 5.39 Å². The van der Waals surface area contributed by atoms with Gasteiger partial charge in [0.25, 0.3) is 0 Å². The highest BCUT2D eigenvalue weighted by atomic mass is 19.2. The van der Waals surface area contributed by atoms with Crippen LogP contribution in [0.15, 0.2) is 18.2 Å². The molecule has 0 saturated heterocycles. The minimum atomic E-state index is -1.05. The number of fused-ring (bicyclic) bond motifs is 1. The summed E-state index contributed by atoms with van der Waals surface area (Å²) in [7, 11) is 0. The van der Waals surface area contributed by atoms with E-state index in [1.54, 1.807) is 12.1 Å². The lowest BCUT2D eigenvalue weighted by Gasteiger charge is -1.96. The number of hydrogen-bond acceptors (Lipinski definition) is 1. The van der Waals surface area contributed by atoms with Crippen LogP contribution in [0.5, 0.6) is 0 Å². The van der Waals surface area contributed by atoms with E-state index in [2.05, 4.69) is 11.1 Å². The number of pyridine rings is 1. The van der Waals surface area contributed by atoms with Gasteiger partial charge in [-0.05, 0) is 18.2 Å². The van der Waals surface area contributed by atoms with Gasteiger partial charge in [-0.3, -0.25) is 0 Å². The number of halogens is 2. The summed E-state index contributed by atoms with van der Waals surface area (Å²) in [4.78, 5) is 3.58. The molecule has 1 aromatic carbocycles. The third kappa shape index (κ3) is 0.942. The molecular weight excluding hydrogens is 160 g/mol. The zero-order valence-corrected chi connectivity index (χ0v) is 5.94. The van der Waals surface area contributed by atoms with Gasteiger partial charge in [0.05, 0.1) is 5.52 Å². The molecule has 0 aliphatic rings. The van der Waals surface area contributed by atoms with Gasteiger partial charge in [-0.2, -0.15) is 0 Å². The van der Waals surface area contributed by atoms with Crippen molar-refractivity contribution in [1.82, 2.24) is 4.98 Å². The van der Waals surface area contributed by atoms with Gasteiger partial charge in [0.15, 0.2) is 11.6 Å². The van der Waals surface area contributed by atoms with Crippen molar-refractivity contribution in [1.29, 1.82) is 0 Å². The summed E-state index contributed by atoms with van der Waals surface area (Å²) in [5, 5.41) is 0.133. The molecule has 0 unspecified atom stereocenters. The molecule has 0 atom stereocenters. The number of nitrogens with zero attached hydrogens (tertiary/aromatic N) is 1. The largest absolute Gasteiger partial charge is 0.243 e. The fourth-order valence-electron chi connectivity index (χ4n) is 0.972. The van der Waals surface area contributed by atoms with Crippen LogP contribution in [0.2, 0.25) is 0 Å². The second kappa shape index (κ2) is 2.52. The Morgan fingerprint density at radius 3 is 3.00 bits per heavy atom. The maximum atomic E-state index is 12.9. The number of benzene rings is 1. The monoisotopic (exact) mass is 163 g/mol. The summed E-state index contributed by atoms with van der Waals surface area (Å²) in [5.74, 6) is -1.97. The van der Waals surface area contributed by atoms with Crippen LogP contribution < -0.4 is 0 Å². The van der Waals surface area contributed by atoms with E-state index in [0.29, 0.717) is 5.52 Å². The smallest absolute Gasteiger partial charge is 0.187 e. The predicted octanol–water partition coefficient (Wildman–Crippen LogP) is 2.11. The Bertz CT molecular complexity index is 426. The van der Waals surface area contributed by atoms with E-state index in [0.717, 1.165) is 0 Å². The van der Waals surface area contributed by atoms with Crippen molar-refractivity contribution >= 4 is 10.9 Å². The van der Waals surface area contributed by atoms with Gasteiger partial charge in [0.2, 0.25) is 0 Å². The molecule has 0 bridgehead atoms. The van der Waals surface area contributed by atoms with E-state index in [9.17, 15) is 8.78 Å². The summed E-state index contributed by atoms with van der Waals surface area (Å²) in [6.07, 6.45) is 1.94. The van der Waals surface area contributed by atoms with E-state index in [4.69, 9.17) is 0 Å². The average molecular weight is 163 g/mol. The van der Waals surface area contributed by atoms with Gasteiger partial charge in [0.1, 0.15) is 6.20 Å². The van der Waals surface area contributed by atoms with E-state index in [1.165, 1.54) is 6.07 Å². The molecule has 0 spiro atoms. The Morgan fingerprint density at radius 2 is 2.17 bits per heavy atom. The molecule has 58 valence electrons. The maximum absolute atomic E-state index is 12.9. The molecule has 1 heterocycles. The zero-order valence-electron chi connectivity index (χ0n) is 5.94. The normalized spacial score (nSPS) is 10.5. The molecule has 12 heavy (non-hydrogen) atoms. The summed E-state index contributed by atoms with van der Waals surface area (Å²) in [6.45, 7) is 0. The lowest BCUT2D eigenvalue weighted by atomic mass is 10.2. The zero-order chi connectivity index (χ0) is 8.55. The molecule has 2 aromatic rings. The van der Waals surface area contributed by atoms with E-state index >= 15 is 0 Å². The Labute approximate surface area is 67.7 Å². The molecule has 0 aliphatic heterocycles. The van der Waals surface area contributed by atoms with Crippen LogP contribution in [-0.4, -0.2) is 4.98 Å². The third-order valence-electron chi connectivity index (χ3n) is 1.54. The Kier molecular flexibility index (Phi) is 1.50. The third-order valence-corrected chi connectivity index (χ3v) is 1.54. The molecule has 0 N–H and O–H groups in total. The summed E-state index contributed by atoms with van der Waals surface area (Å²) in [5.41, 5.74) is 0.382. The van der Waals surface area contributed by atoms with Crippen molar-refractivity contribution in [2.75, 3.05) is 0 Å². The van der Waals surface area contributed by atoms with Crippen LogP contribution in [0.1, 0.15) is 0 Å². The quantitative estimate of drug-likeness (QED) is 0.579. The highest BCUT2D eigenvalue weighted by Crippen LogP contribution is 2.16. The molecule has 0 fully saturated rings. The van der Waals surface area contributed by atoms with Crippen LogP contribution in [0.25, 0.3) is 10.9 Å². The van der Waals surface area contributed by atoms with Crippen molar-refractivity contribution in [2.45, 2.75) is 0 Å². The second-order valence-corrected chi connectivity index (χ2v) is 2.29. The van der Waals surface area contributed by atoms with Crippen LogP contribution in [0, 0.1) is 23.9 Å². The Balaban J connectivity index is 2.91. The van der Waals surface area contributed by atoms with Crippen molar-refractivity contribution in [2.24, 2.45) is 0 Å². The van der Waals surface area contributed by atoms with E-state index in [-0.39, 0.29) is 5.39 Å². The maximum Gasteiger partial charge on any atom is 0.187 e. The minimum absolute atomic E-state index is 0.133. The number of hydrogen-bond donors (Lipinski definition) is 0. The topological polar surface area (TPSA) is 12.9 Å². The first-order valence-corrected chi connectivity index (χ1v) is 3.31. The molecule has 2 rings (SSSR count). The highest BCUT2D eigenvalue weighted by Gasteiger charge is 2.06. The SMILES string of the molecule is Fc1[c]nc2cc[c]cc2c1F. The summed E-state index contributed by atoms with van der Waals surface area (Å²) >= 11 is 0. The first-order chi connectivity index (χ1) is 5.79. The molecule has 2 radical (unpaired) electrons. The van der Waals surface area contributed by atoms with Gasteiger partial charge >= 0.3 is 0 Å². The van der Waals surface area contributed by atoms with Crippen LogP contribution >= 0.6 is 0 Å². The van der Waals surface area contributed by atoms with Crippen molar-refractivity contribution < 1.29 is 8.78 Å². The van der Waals surface area contributed by atoms with Gasteiger partial charge in [-0.25, -0.2) is 13.8 Å². The molecule has 1 nitrogen and oxygen atoms in total. The average Bonchev–Trinajstić information content (AvgIpc) is 2.12. The minimum Gasteiger partial charge on any atom is -0.243 e. The molecular formula is C9H3F2N. The molecule has 0 saturated carbocycles. The molecule has 1 aromatic heterocycles. The lowest BCUT2D eigenvalue weighted by molar-refractivity contribution is 0.511. The fourth-order valence-corrected chi connectivity index (χ4v) is 0.972. The highest BCUT2D eigenvalue weighted by molar-refractivity contribution is 5.78. The van der Waals surface area contributed by atoms with Crippen LogP contribution in [0.4, 0.5) is 8.78 Å². The van der Waals surface area contributed by atoms with Gasteiger partial charge in [-0.15, -0.1) is 0 Å². The Hall–Kier alpha value is -1.51. The van der Waals surface area contributed by atoms with E-state index in [1.807, 2.05) is 6.20 Å². The number of aromatic nitrogens is 1. The van der Waals surface area contributed by atoms with Gasteiger partial charge in [-0.1, -0.05) is 6.07 Å². The lowest BCUT2D eigenvalue weighted by Crippen LogP contribution is -1.89. The van der Waals surface area contributed by atoms with E-state index < -0.39 is 11.6 Å². The second-order valence-electron chi connectivity index (χ2n) is 2.29. The standard InChI is InChI=1S/C9H3F2N/c10-7-5-12-8-4-2-1-3-6(8)9(7)11/h2-4H. The van der Waals surface area contributed by atoms with Crippen molar-refractivity contribution in [3.63, 3.8) is 0 Å². The molecule has 3 heteroatoms. The summed E-state index contributed by atoms with van der Waals surface area (Å²) in [6, 6.07) is 7.13. The van der Waals surface area contributed by atoms with Gasteiger partial charge < -0.3 is 0 Å². The number of rotatable bonds is 0. The fraction of sp³-hybridized carbons (Fsp3) is 0.